The number of hydrogen-bond donors (Lipinski definition) is 1. The van der Waals surface area contributed by atoms with Crippen LogP contribution < -0.4 is 14.4 Å². The van der Waals surface area contributed by atoms with E-state index in [1.807, 2.05) is 6.92 Å². The molecular formula is C31H35ClFN3O5S. The number of carbonyl (C=O) groups is 2. The number of sulfonamides is 1. The molecule has 42 heavy (non-hydrogen) atoms. The highest BCUT2D eigenvalue weighted by atomic mass is 35.5. The summed E-state index contributed by atoms with van der Waals surface area (Å²) in [5.74, 6) is -0.966. The van der Waals surface area contributed by atoms with Crippen LogP contribution in [0.5, 0.6) is 5.75 Å². The third kappa shape index (κ3) is 7.80. The number of nitrogens with one attached hydrogen (secondary N) is 1. The zero-order valence-electron chi connectivity index (χ0n) is 23.6. The third-order valence-corrected chi connectivity index (χ3v) is 9.29. The van der Waals surface area contributed by atoms with Crippen LogP contribution in [0.4, 0.5) is 10.1 Å². The topological polar surface area (TPSA) is 96.0 Å². The van der Waals surface area contributed by atoms with E-state index in [1.165, 1.54) is 41.3 Å². The maximum Gasteiger partial charge on any atom is 0.264 e. The monoisotopic (exact) mass is 615 g/mol. The van der Waals surface area contributed by atoms with Gasteiger partial charge in [0.15, 0.2) is 0 Å². The number of nitrogens with zero attached hydrogens (tertiary/aromatic N) is 2. The second-order valence-electron chi connectivity index (χ2n) is 10.2. The molecule has 224 valence electrons. The molecule has 0 bridgehead atoms. The molecule has 0 radical (unpaired) electrons. The number of rotatable bonds is 12. The molecule has 0 spiro atoms. The van der Waals surface area contributed by atoms with Crippen LogP contribution in [-0.2, 0) is 26.2 Å². The molecule has 11 heteroatoms. The average molecular weight is 616 g/mol. The highest BCUT2D eigenvalue weighted by Gasteiger charge is 2.33. The van der Waals surface area contributed by atoms with Crippen molar-refractivity contribution in [3.05, 3.63) is 89.2 Å². The lowest BCUT2D eigenvalue weighted by Gasteiger charge is -2.32. The van der Waals surface area contributed by atoms with Gasteiger partial charge in [-0.25, -0.2) is 12.8 Å². The first-order chi connectivity index (χ1) is 20.1. The van der Waals surface area contributed by atoms with Crippen LogP contribution >= 0.6 is 11.6 Å². The largest absolute Gasteiger partial charge is 0.494 e. The third-order valence-electron chi connectivity index (χ3n) is 7.25. The van der Waals surface area contributed by atoms with Gasteiger partial charge in [-0.3, -0.25) is 13.9 Å². The molecule has 0 heterocycles. The lowest BCUT2D eigenvalue weighted by molar-refractivity contribution is -0.139. The van der Waals surface area contributed by atoms with Crippen LogP contribution in [0.3, 0.4) is 0 Å². The fourth-order valence-electron chi connectivity index (χ4n) is 4.90. The van der Waals surface area contributed by atoms with Gasteiger partial charge in [0.05, 0.1) is 17.2 Å². The Morgan fingerprint density at radius 3 is 2.21 bits per heavy atom. The Kier molecular flexibility index (Phi) is 10.5. The van der Waals surface area contributed by atoms with Crippen LogP contribution in [0.15, 0.2) is 77.7 Å². The molecule has 2 amide bonds. The SMILES string of the molecule is CCOc1ccc(S(=O)(=O)N(CC(=O)N(Cc2ccc(Cl)cc2)C(C)C(=O)NC2CCCC2)c2ccc(F)cc2)cc1. The normalized spacial score (nSPS) is 14.3. The second-order valence-corrected chi connectivity index (χ2v) is 12.5. The van der Waals surface area contributed by atoms with Gasteiger partial charge in [0, 0.05) is 17.6 Å². The zero-order chi connectivity index (χ0) is 30.3. The molecule has 0 aliphatic heterocycles. The summed E-state index contributed by atoms with van der Waals surface area (Å²) >= 11 is 6.05. The fourth-order valence-corrected chi connectivity index (χ4v) is 6.44. The van der Waals surface area contributed by atoms with E-state index in [-0.39, 0.29) is 29.1 Å². The summed E-state index contributed by atoms with van der Waals surface area (Å²) in [6.45, 7) is 3.29. The van der Waals surface area contributed by atoms with Gasteiger partial charge in [-0.05, 0) is 92.9 Å². The lowest BCUT2D eigenvalue weighted by atomic mass is 10.1. The number of carbonyl (C=O) groups excluding carboxylic acids is 2. The molecule has 8 nitrogen and oxygen atoms in total. The molecule has 1 aliphatic carbocycles. The number of anilines is 1. The summed E-state index contributed by atoms with van der Waals surface area (Å²) in [5.41, 5.74) is 0.823. The summed E-state index contributed by atoms with van der Waals surface area (Å²) in [5, 5.41) is 3.55. The molecule has 0 aromatic heterocycles. The summed E-state index contributed by atoms with van der Waals surface area (Å²) in [7, 11) is -4.28. The van der Waals surface area contributed by atoms with E-state index >= 15 is 0 Å². The second kappa shape index (κ2) is 14.0. The Balaban J connectivity index is 1.67. The van der Waals surface area contributed by atoms with Crippen molar-refractivity contribution in [3.8, 4) is 5.75 Å². The highest BCUT2D eigenvalue weighted by molar-refractivity contribution is 7.92. The first kappa shape index (κ1) is 31.3. The first-order valence-electron chi connectivity index (χ1n) is 13.9. The van der Waals surface area contributed by atoms with E-state index in [2.05, 4.69) is 5.32 Å². The molecule has 4 rings (SSSR count). The summed E-state index contributed by atoms with van der Waals surface area (Å²) < 4.78 is 48.0. The van der Waals surface area contributed by atoms with Crippen LogP contribution in [-0.4, -0.2) is 50.4 Å². The number of hydrogen-bond acceptors (Lipinski definition) is 5. The first-order valence-corrected chi connectivity index (χ1v) is 15.8. The van der Waals surface area contributed by atoms with E-state index in [0.29, 0.717) is 17.4 Å². The summed E-state index contributed by atoms with van der Waals surface area (Å²) in [6, 6.07) is 16.7. The molecule has 3 aromatic rings. The molecule has 1 atom stereocenters. The van der Waals surface area contributed by atoms with Gasteiger partial charge in [0.1, 0.15) is 24.2 Å². The Morgan fingerprint density at radius 1 is 1.00 bits per heavy atom. The Labute approximate surface area is 251 Å². The van der Waals surface area contributed by atoms with Gasteiger partial charge in [0.2, 0.25) is 11.8 Å². The van der Waals surface area contributed by atoms with E-state index in [4.69, 9.17) is 16.3 Å². The minimum atomic E-state index is -4.28. The predicted molar refractivity (Wildman–Crippen MR) is 160 cm³/mol. The van der Waals surface area contributed by atoms with E-state index < -0.39 is 34.3 Å². The highest BCUT2D eigenvalue weighted by Crippen LogP contribution is 2.27. The van der Waals surface area contributed by atoms with E-state index in [0.717, 1.165) is 47.7 Å². The molecule has 3 aromatic carbocycles. The Bertz CT molecular complexity index is 1460. The number of benzene rings is 3. The molecule has 1 fully saturated rings. The average Bonchev–Trinajstić information content (AvgIpc) is 3.49. The number of halogens is 2. The van der Waals surface area contributed by atoms with Gasteiger partial charge in [-0.2, -0.15) is 0 Å². The quantitative estimate of drug-likeness (QED) is 0.288. The van der Waals surface area contributed by atoms with Gasteiger partial charge in [-0.1, -0.05) is 36.6 Å². The van der Waals surface area contributed by atoms with Crippen LogP contribution in [0.1, 0.15) is 45.1 Å². The molecule has 1 unspecified atom stereocenters. The van der Waals surface area contributed by atoms with Gasteiger partial charge in [-0.15, -0.1) is 0 Å². The van der Waals surface area contributed by atoms with Crippen molar-refractivity contribution < 1.29 is 27.1 Å². The van der Waals surface area contributed by atoms with Crippen molar-refractivity contribution >= 4 is 39.1 Å². The smallest absolute Gasteiger partial charge is 0.264 e. The van der Waals surface area contributed by atoms with Crippen LogP contribution in [0.25, 0.3) is 0 Å². The van der Waals surface area contributed by atoms with Crippen molar-refractivity contribution in [1.29, 1.82) is 0 Å². The minimum Gasteiger partial charge on any atom is -0.494 e. The van der Waals surface area contributed by atoms with Crippen molar-refractivity contribution in [3.63, 3.8) is 0 Å². The van der Waals surface area contributed by atoms with Crippen molar-refractivity contribution in [2.45, 2.75) is 63.1 Å². The lowest BCUT2D eigenvalue weighted by Crippen LogP contribution is -2.52. The van der Waals surface area contributed by atoms with Crippen molar-refractivity contribution in [1.82, 2.24) is 10.2 Å². The van der Waals surface area contributed by atoms with Crippen molar-refractivity contribution in [2.75, 3.05) is 17.5 Å². The summed E-state index contributed by atoms with van der Waals surface area (Å²) in [4.78, 5) is 28.5. The van der Waals surface area contributed by atoms with Crippen LogP contribution in [0, 0.1) is 5.82 Å². The minimum absolute atomic E-state index is 0.0446. The molecule has 1 saturated carbocycles. The Hall–Kier alpha value is -3.63. The predicted octanol–water partition coefficient (Wildman–Crippen LogP) is 5.55. The number of ether oxygens (including phenoxy) is 1. The molecule has 0 saturated heterocycles. The standard InChI is InChI=1S/C31H35ClFN3O5S/c1-3-41-28-16-18-29(19-17-28)42(39,40)36(27-14-12-25(33)13-15-27)21-30(37)35(20-23-8-10-24(32)11-9-23)22(2)31(38)34-26-6-4-5-7-26/h8-19,22,26H,3-7,20-21H2,1-2H3,(H,34,38). The zero-order valence-corrected chi connectivity index (χ0v) is 25.2. The maximum absolute atomic E-state index is 14.0. The molecule has 1 N–H and O–H groups in total. The maximum atomic E-state index is 14.0. The van der Waals surface area contributed by atoms with Crippen molar-refractivity contribution in [2.24, 2.45) is 0 Å². The van der Waals surface area contributed by atoms with E-state index in [1.54, 1.807) is 31.2 Å². The summed E-state index contributed by atoms with van der Waals surface area (Å²) in [6.07, 6.45) is 3.82. The molecule has 1 aliphatic rings. The van der Waals surface area contributed by atoms with Gasteiger partial charge < -0.3 is 15.0 Å². The fraction of sp³-hybridized carbons (Fsp3) is 0.355. The van der Waals surface area contributed by atoms with Gasteiger partial charge >= 0.3 is 0 Å². The van der Waals surface area contributed by atoms with Gasteiger partial charge in [0.25, 0.3) is 10.0 Å². The molecular weight excluding hydrogens is 581 g/mol. The number of amides is 2. The van der Waals surface area contributed by atoms with E-state index in [9.17, 15) is 22.4 Å². The Morgan fingerprint density at radius 2 is 1.62 bits per heavy atom. The van der Waals surface area contributed by atoms with Crippen LogP contribution in [0.2, 0.25) is 5.02 Å².